The maximum atomic E-state index is 3.06. The van der Waals surface area contributed by atoms with Crippen LogP contribution in [-0.4, -0.2) is 12.1 Å². The highest BCUT2D eigenvalue weighted by molar-refractivity contribution is 5.07. The minimum Gasteiger partial charge on any atom is -0.323 e. The summed E-state index contributed by atoms with van der Waals surface area (Å²) in [6.45, 7) is 4.01. The number of rotatable bonds is 0. The Balaban J connectivity index is 2.42. The number of hydrazine groups is 1. The van der Waals surface area contributed by atoms with Crippen LogP contribution >= 0.6 is 0 Å². The quantitative estimate of drug-likeness (QED) is 0.473. The zero-order valence-electron chi connectivity index (χ0n) is 4.60. The van der Waals surface area contributed by atoms with Gasteiger partial charge in [0.1, 0.15) is 0 Å². The Labute approximate surface area is 43.8 Å². The van der Waals surface area contributed by atoms with Crippen LogP contribution in [0.4, 0.5) is 0 Å². The summed E-state index contributed by atoms with van der Waals surface area (Å²) < 4.78 is 0. The van der Waals surface area contributed by atoms with Crippen LogP contribution in [0.25, 0.3) is 0 Å². The van der Waals surface area contributed by atoms with Crippen molar-refractivity contribution >= 4 is 0 Å². The number of hydrogen-bond acceptors (Lipinski definition) is 2. The maximum Gasteiger partial charge on any atom is 0.0697 e. The molecular weight excluding hydrogens is 88.1 g/mol. The largest absolute Gasteiger partial charge is 0.323 e. The summed E-state index contributed by atoms with van der Waals surface area (Å²) in [6, 6.07) is 0. The Morgan fingerprint density at radius 3 is 2.57 bits per heavy atom. The number of likely N-dealkylation sites (N-methyl/N-ethyl adjacent to an activating group) is 1. The van der Waals surface area contributed by atoms with Crippen LogP contribution in [0.3, 0.4) is 0 Å². The van der Waals surface area contributed by atoms with E-state index in [4.69, 9.17) is 0 Å². The number of nitrogens with one attached hydrogen (secondary N) is 1. The van der Waals surface area contributed by atoms with Gasteiger partial charge in [-0.15, -0.1) is 0 Å². The fraction of sp³-hybridized carbons (Fsp3) is 0.400. The van der Waals surface area contributed by atoms with Gasteiger partial charge in [0, 0.05) is 12.7 Å². The lowest BCUT2D eigenvalue weighted by Gasteiger charge is -2.07. The van der Waals surface area contributed by atoms with Gasteiger partial charge in [-0.05, 0) is 13.0 Å². The van der Waals surface area contributed by atoms with Crippen LogP contribution in [0, 0.1) is 6.54 Å². The first-order valence-electron chi connectivity index (χ1n) is 2.30. The van der Waals surface area contributed by atoms with Gasteiger partial charge in [0.15, 0.2) is 0 Å². The van der Waals surface area contributed by atoms with Crippen molar-refractivity contribution in [3.8, 4) is 0 Å². The first kappa shape index (κ1) is 4.65. The van der Waals surface area contributed by atoms with Crippen LogP contribution in [0.5, 0.6) is 0 Å². The van der Waals surface area contributed by atoms with Gasteiger partial charge in [0.2, 0.25) is 0 Å². The average Bonchev–Trinajstić information content (AvgIpc) is 1.87. The van der Waals surface area contributed by atoms with Crippen molar-refractivity contribution in [3.05, 3.63) is 18.3 Å². The standard InChI is InChI=1S/C5H9N2/c1-5-3-4-7(2)6-5/h3-4,6H,1-2H3. The molecule has 1 aliphatic rings. The molecule has 0 spiro atoms. The lowest BCUT2D eigenvalue weighted by molar-refractivity contribution is 0.366. The van der Waals surface area contributed by atoms with Crippen LogP contribution in [0.15, 0.2) is 11.8 Å². The van der Waals surface area contributed by atoms with E-state index < -0.39 is 0 Å². The minimum absolute atomic E-state index is 1.20. The molecule has 0 atom stereocenters. The van der Waals surface area contributed by atoms with Crippen molar-refractivity contribution in [2.45, 2.75) is 6.92 Å². The second-order valence-electron chi connectivity index (χ2n) is 1.72. The highest BCUT2D eigenvalue weighted by atomic mass is 15.5. The molecule has 7 heavy (non-hydrogen) atoms. The molecule has 0 aromatic rings. The van der Waals surface area contributed by atoms with Gasteiger partial charge in [0.05, 0.1) is 6.54 Å². The van der Waals surface area contributed by atoms with Gasteiger partial charge >= 0.3 is 0 Å². The highest BCUT2D eigenvalue weighted by Gasteiger charge is 2.01. The van der Waals surface area contributed by atoms with E-state index in [2.05, 4.69) is 5.43 Å². The molecule has 0 aliphatic carbocycles. The predicted molar refractivity (Wildman–Crippen MR) is 29.0 cm³/mol. The molecule has 1 heterocycles. The van der Waals surface area contributed by atoms with E-state index in [1.54, 1.807) is 0 Å². The Morgan fingerprint density at radius 1 is 1.71 bits per heavy atom. The first-order chi connectivity index (χ1) is 3.29. The number of allylic oxidation sites excluding steroid dienone is 1. The summed E-state index contributed by atoms with van der Waals surface area (Å²) in [7, 11) is 1.97. The van der Waals surface area contributed by atoms with Gasteiger partial charge in [0.25, 0.3) is 0 Å². The van der Waals surface area contributed by atoms with Gasteiger partial charge < -0.3 is 5.43 Å². The van der Waals surface area contributed by atoms with Crippen molar-refractivity contribution in [1.82, 2.24) is 10.4 Å². The van der Waals surface area contributed by atoms with Crippen molar-refractivity contribution in [2.75, 3.05) is 7.05 Å². The molecule has 0 bridgehead atoms. The molecule has 0 amide bonds. The molecule has 0 fully saturated rings. The van der Waals surface area contributed by atoms with Crippen molar-refractivity contribution in [3.63, 3.8) is 0 Å². The second-order valence-corrected chi connectivity index (χ2v) is 1.72. The molecule has 2 heteroatoms. The molecule has 0 aromatic carbocycles. The third kappa shape index (κ3) is 0.933. The molecule has 1 aliphatic heterocycles. The lowest BCUT2D eigenvalue weighted by Crippen LogP contribution is -2.23. The topological polar surface area (TPSA) is 15.3 Å². The van der Waals surface area contributed by atoms with E-state index in [-0.39, 0.29) is 0 Å². The Bertz CT molecular complexity index is 96.3. The summed E-state index contributed by atoms with van der Waals surface area (Å²) in [6.07, 6.45) is 2.03. The second kappa shape index (κ2) is 1.54. The normalized spacial score (nSPS) is 21.7. The van der Waals surface area contributed by atoms with Crippen LogP contribution < -0.4 is 5.43 Å². The molecule has 39 valence electrons. The van der Waals surface area contributed by atoms with E-state index in [9.17, 15) is 0 Å². The Hall–Kier alpha value is -0.500. The van der Waals surface area contributed by atoms with E-state index in [0.29, 0.717) is 0 Å². The van der Waals surface area contributed by atoms with Crippen molar-refractivity contribution in [2.24, 2.45) is 0 Å². The molecule has 1 N–H and O–H groups in total. The van der Waals surface area contributed by atoms with E-state index >= 15 is 0 Å². The van der Waals surface area contributed by atoms with Gasteiger partial charge in [-0.3, -0.25) is 0 Å². The van der Waals surface area contributed by atoms with Gasteiger partial charge in [-0.1, -0.05) is 0 Å². The van der Waals surface area contributed by atoms with E-state index in [1.807, 2.05) is 31.6 Å². The predicted octanol–water partition coefficient (Wildman–Crippen LogP) is 0.502. The monoisotopic (exact) mass is 97.1 g/mol. The highest BCUT2D eigenvalue weighted by Crippen LogP contribution is 2.00. The zero-order valence-corrected chi connectivity index (χ0v) is 4.60. The summed E-state index contributed by atoms with van der Waals surface area (Å²) >= 11 is 0. The number of hydrogen-bond donors (Lipinski definition) is 1. The van der Waals surface area contributed by atoms with Crippen molar-refractivity contribution < 1.29 is 0 Å². The molecule has 2 nitrogen and oxygen atoms in total. The molecule has 1 radical (unpaired) electrons. The minimum atomic E-state index is 1.20. The fourth-order valence-electron chi connectivity index (χ4n) is 0.576. The zero-order chi connectivity index (χ0) is 5.28. The molecule has 0 saturated carbocycles. The van der Waals surface area contributed by atoms with Crippen LogP contribution in [0.1, 0.15) is 6.92 Å². The fourth-order valence-corrected chi connectivity index (χ4v) is 0.576. The smallest absolute Gasteiger partial charge is 0.0697 e. The summed E-state index contributed by atoms with van der Waals surface area (Å²) in [5.74, 6) is 0. The maximum absolute atomic E-state index is 3.06. The lowest BCUT2D eigenvalue weighted by atomic mass is 10.5. The third-order valence-corrected chi connectivity index (χ3v) is 0.901. The molecule has 1 rings (SSSR count). The summed E-state index contributed by atoms with van der Waals surface area (Å²) in [5.41, 5.74) is 4.25. The molecule has 0 unspecified atom stereocenters. The molecule has 0 saturated heterocycles. The van der Waals surface area contributed by atoms with E-state index in [1.165, 1.54) is 5.70 Å². The van der Waals surface area contributed by atoms with Crippen molar-refractivity contribution in [1.29, 1.82) is 0 Å². The SMILES string of the molecule is CC1=C[CH]N(C)N1. The van der Waals surface area contributed by atoms with Crippen LogP contribution in [0.2, 0.25) is 0 Å². The number of nitrogens with zero attached hydrogens (tertiary/aromatic N) is 1. The third-order valence-electron chi connectivity index (χ3n) is 0.901. The summed E-state index contributed by atoms with van der Waals surface area (Å²) in [4.78, 5) is 0. The van der Waals surface area contributed by atoms with Gasteiger partial charge in [-0.2, -0.15) is 0 Å². The van der Waals surface area contributed by atoms with Crippen LogP contribution in [-0.2, 0) is 0 Å². The Kier molecular flexibility index (Phi) is 1.02. The van der Waals surface area contributed by atoms with E-state index in [0.717, 1.165) is 0 Å². The Morgan fingerprint density at radius 2 is 2.43 bits per heavy atom. The molecular formula is C5H9N2. The summed E-state index contributed by atoms with van der Waals surface area (Å²) in [5, 5.41) is 1.91. The molecule has 0 aromatic heterocycles. The van der Waals surface area contributed by atoms with Gasteiger partial charge in [-0.25, -0.2) is 5.01 Å². The average molecular weight is 97.1 g/mol. The first-order valence-corrected chi connectivity index (χ1v) is 2.30.